The van der Waals surface area contributed by atoms with E-state index in [0.717, 1.165) is 234 Å². The second-order valence-corrected chi connectivity index (χ2v) is 45.4. The number of esters is 3. The summed E-state index contributed by atoms with van der Waals surface area (Å²) in [6.45, 7) is 22.6. The maximum absolute atomic E-state index is 11.6. The van der Waals surface area contributed by atoms with Crippen LogP contribution in [0.1, 0.15) is 197 Å². The van der Waals surface area contributed by atoms with Crippen LogP contribution < -0.4 is 111 Å². The Bertz CT molecular complexity index is 6590. The summed E-state index contributed by atoms with van der Waals surface area (Å²) in [6.07, 6.45) is 54.8. The van der Waals surface area contributed by atoms with Crippen molar-refractivity contribution >= 4 is 190 Å². The number of carbonyl (C=O) groups is 3. The molecule has 24 nitrogen and oxygen atoms in total. The number of fused-ring (bicyclic) bond motifs is 8. The Kier molecular flexibility index (Phi) is 50.6. The lowest BCUT2D eigenvalue weighted by Gasteiger charge is -2.31. The number of methoxy groups -OCH3 is 2. The molecule has 0 atom stereocenters. The minimum Gasteiger partial charge on any atom is -1.00 e. The van der Waals surface area contributed by atoms with E-state index in [9.17, 15) is 14.4 Å². The molecule has 0 radical (unpaired) electrons. The molecule has 8 aromatic heterocycles. The molecule has 0 N–H and O–H groups in total. The van der Waals surface area contributed by atoms with Crippen LogP contribution in [-0.2, 0) is 35.0 Å². The Morgan fingerprint density at radius 3 is 1.13 bits per heavy atom. The lowest BCUT2D eigenvalue weighted by Crippen LogP contribution is -3.00. The minimum atomic E-state index is -0.0953. The summed E-state index contributed by atoms with van der Waals surface area (Å²) in [6, 6.07) is 38.3. The standard InChI is InChI=1S/C32H43N4O3S.C30H38BrN4O2S.C29H37N4O3S.C25H31N4S.2BrH.2HI/c1-6-39-31(37)12-11-19-36(3,4)18-10-8-7-9-16-35-17-15-25(27-14-13-26(38-5)22-28(27)35)21-30-34-32-29(40-30)20-24(2)23-33-32;1-4-37-29(36)14-11-19-35(2,3)18-10-6-5-9-16-34-17-15-23(25-12-7-8-13-26(25)34)20-28-33-30-27(38-28)21-24(31)22-32-30;1-5-36-29(34)9-8-18-33(2,3)17-7-6-15-32-16-13-22(24-11-10-23(35-4)20-26(24)32)19-28-31-25-12-14-30-21-27(25)37-28;1-5-19-16-23-25(26-18-19)27-24(30-23)17-20-12-14-28(13-8-9-15-29(2,3)4)22-11-7-6-10-21(20)22;;;;/h13-15,17,20-23H,6-12,16,18-19H2,1-5H3;7-8,12-13,15,17,20-22H,4-6,9-11,14,16,18-19H2,1-3H3;10-14,16,19-21H,5-9,15,17-18H2,1-4H3;6-7,10-12,14,16-18H,5,8-9,13,15H2,1-4H3;4*1H/q4*+1;;;;/p-4. The van der Waals surface area contributed by atoms with Crippen LogP contribution >= 0.6 is 61.3 Å². The molecule has 0 bridgehead atoms. The van der Waals surface area contributed by atoms with Crippen LogP contribution in [0.25, 0.3) is 87.9 Å². The Labute approximate surface area is 962 Å². The summed E-state index contributed by atoms with van der Waals surface area (Å²) >= 11 is 10.2. The summed E-state index contributed by atoms with van der Waals surface area (Å²) in [5, 5.41) is 3.92. The molecule has 12 heterocycles. The number of pyridine rings is 4. The first-order valence-corrected chi connectivity index (χ1v) is 55.6. The van der Waals surface area contributed by atoms with Gasteiger partial charge in [0, 0.05) is 151 Å². The molecule has 4 aliphatic rings. The first-order chi connectivity index (χ1) is 69.9. The van der Waals surface area contributed by atoms with Gasteiger partial charge in [-0.1, -0.05) is 56.2 Å². The monoisotopic (exact) mass is 2510 g/mol. The molecule has 4 aromatic carbocycles. The van der Waals surface area contributed by atoms with Gasteiger partial charge in [0.15, 0.2) is 16.9 Å². The fourth-order valence-corrected chi connectivity index (χ4v) is 22.5. The number of carbonyl (C=O) groups excluding carboxylic acids is 3. The van der Waals surface area contributed by atoms with E-state index in [0.29, 0.717) is 39.1 Å². The maximum atomic E-state index is 11.6. The SMILES string of the molecule is CCOC(=O)CCC[N+](C)(C)CCCCCCN1C=CC(=Cc2nc3ncc(Br)cc3s2)c2ccccc21.CCOC(=O)CCC[N+](C)(C)CCCCCCN1C=CC(=Cc2nc3ncc(C)cc3s2)c2ccc(OC)cc21.CCOC(=O)CCC[N+](C)(C)CCCCN1C=CC(=Cc2nc3ccncc3s2)c2ccc(OC)cc21.CCc1cnc2nc(C=C3C=CN(CCCC[N+](C)(C)C)c4ccccc43)sc2c1.[Br-].[Br-].[I-].[I-]. The topological polar surface area (TPSA) is 213 Å². The molecule has 12 aromatic rings. The van der Waals surface area contributed by atoms with Crippen LogP contribution in [-0.4, -0.2) is 245 Å². The molecule has 149 heavy (non-hydrogen) atoms. The van der Waals surface area contributed by atoms with Gasteiger partial charge in [-0.05, 0) is 257 Å². The van der Waals surface area contributed by atoms with Crippen molar-refractivity contribution in [1.29, 1.82) is 0 Å². The normalized spacial score (nSPS) is 14.0. The van der Waals surface area contributed by atoms with E-state index in [1.54, 1.807) is 72.0 Å². The van der Waals surface area contributed by atoms with Crippen LogP contribution in [0.15, 0.2) is 194 Å². The highest BCUT2D eigenvalue weighted by atomic mass is 127. The zero-order valence-electron chi connectivity index (χ0n) is 89.5. The quantitative estimate of drug-likeness (QED) is 0.0114. The van der Waals surface area contributed by atoms with E-state index in [1.807, 2.05) is 57.6 Å². The van der Waals surface area contributed by atoms with Gasteiger partial charge in [-0.25, -0.2) is 34.9 Å². The average Bonchev–Trinajstić information content (AvgIpc) is 1.74. The smallest absolute Gasteiger partial charge is 0.305 e. The molecule has 0 spiro atoms. The summed E-state index contributed by atoms with van der Waals surface area (Å²) in [4.78, 5) is 80.8. The van der Waals surface area contributed by atoms with Crippen LogP contribution in [0.4, 0.5) is 22.7 Å². The van der Waals surface area contributed by atoms with E-state index >= 15 is 0 Å². The van der Waals surface area contributed by atoms with Gasteiger partial charge in [0.2, 0.25) is 0 Å². The first-order valence-electron chi connectivity index (χ1n) is 51.5. The van der Waals surface area contributed by atoms with Crippen molar-refractivity contribution in [3.63, 3.8) is 0 Å². The molecule has 0 saturated carbocycles. The molecule has 0 fully saturated rings. The molecule has 16 rings (SSSR count). The third-order valence-corrected chi connectivity index (χ3v) is 30.4. The molecule has 33 heteroatoms. The first kappa shape index (κ1) is 123. The van der Waals surface area contributed by atoms with Gasteiger partial charge in [-0.3, -0.25) is 19.4 Å². The highest BCUT2D eigenvalue weighted by Gasteiger charge is 2.27. The number of halogens is 5. The molecule has 4 aliphatic heterocycles. The van der Waals surface area contributed by atoms with Crippen molar-refractivity contribution in [1.82, 2.24) is 39.9 Å². The number of unbranched alkanes of at least 4 members (excludes halogenated alkanes) is 8. The highest BCUT2D eigenvalue weighted by molar-refractivity contribution is 9.10. The maximum Gasteiger partial charge on any atom is 0.305 e. The van der Waals surface area contributed by atoms with Gasteiger partial charge in [-0.2, -0.15) is 0 Å². The largest absolute Gasteiger partial charge is 1.00 e. The highest BCUT2D eigenvalue weighted by Crippen LogP contribution is 2.43. The number of quaternary nitrogens is 4. The summed E-state index contributed by atoms with van der Waals surface area (Å²) in [5.41, 5.74) is 20.2. The average molecular weight is 2520 g/mol. The third-order valence-electron chi connectivity index (χ3n) is 26.2. The van der Waals surface area contributed by atoms with E-state index in [4.69, 9.17) is 43.6 Å². The van der Waals surface area contributed by atoms with Crippen LogP contribution in [0.3, 0.4) is 0 Å². The number of benzene rings is 4. The van der Waals surface area contributed by atoms with Gasteiger partial charge >= 0.3 is 17.9 Å². The number of para-hydroxylation sites is 2. The van der Waals surface area contributed by atoms with E-state index in [-0.39, 0.29) is 99.8 Å². The summed E-state index contributed by atoms with van der Waals surface area (Å²) in [7, 11) is 23.7. The number of rotatable bonds is 46. The van der Waals surface area contributed by atoms with Crippen molar-refractivity contribution in [3.05, 3.63) is 247 Å². The number of anilines is 4. The van der Waals surface area contributed by atoms with Crippen LogP contribution in [0.5, 0.6) is 11.5 Å². The third kappa shape index (κ3) is 38.2. The lowest BCUT2D eigenvalue weighted by atomic mass is 9.99. The number of nitrogens with zero attached hydrogens (tertiary/aromatic N) is 16. The molecular weight excluding hydrogens is 2370 g/mol. The number of hydrogen-bond donors (Lipinski definition) is 0. The number of thiazole rings is 4. The van der Waals surface area contributed by atoms with Gasteiger partial charge in [0.25, 0.3) is 0 Å². The van der Waals surface area contributed by atoms with E-state index in [1.165, 1.54) is 114 Å². The fraction of sp³-hybridized carbons (Fsp3) is 0.422. The number of allylic oxidation sites excluding steroid dienone is 8. The zero-order chi connectivity index (χ0) is 103. The van der Waals surface area contributed by atoms with Gasteiger partial charge in [-0.15, -0.1) is 45.3 Å². The van der Waals surface area contributed by atoms with Crippen molar-refractivity contribution in [2.75, 3.05) is 189 Å². The van der Waals surface area contributed by atoms with Crippen LogP contribution in [0, 0.1) is 6.92 Å². The Balaban J connectivity index is 0.000000220. The number of aromatic nitrogens is 8. The second kappa shape index (κ2) is 61.1. The molecule has 0 saturated heterocycles. The van der Waals surface area contributed by atoms with E-state index < -0.39 is 0 Å². The minimum absolute atomic E-state index is 0. The van der Waals surface area contributed by atoms with Gasteiger partial charge < -0.3 is 143 Å². The summed E-state index contributed by atoms with van der Waals surface area (Å²) < 4.78 is 35.5. The molecular formula is C116H149Br3I2N16O8S4. The summed E-state index contributed by atoms with van der Waals surface area (Å²) in [5.74, 6) is 1.46. The molecule has 0 unspecified atom stereocenters. The predicted molar refractivity (Wildman–Crippen MR) is 609 cm³/mol. The number of hydrogen-bond acceptors (Lipinski definition) is 24. The Morgan fingerprint density at radius 1 is 0.376 bits per heavy atom. The Morgan fingerprint density at radius 2 is 0.725 bits per heavy atom. The molecule has 800 valence electrons. The van der Waals surface area contributed by atoms with Crippen molar-refractivity contribution in [2.45, 2.75) is 157 Å². The Hall–Kier alpha value is -9.09. The number of aryl methyl sites for hydroxylation is 2. The van der Waals surface area contributed by atoms with Gasteiger partial charge in [0.05, 0.1) is 198 Å². The predicted octanol–water partition coefficient (Wildman–Crippen LogP) is 13.6. The second-order valence-electron chi connectivity index (χ2n) is 40.2. The van der Waals surface area contributed by atoms with E-state index in [2.05, 4.69) is 297 Å². The fourth-order valence-electron chi connectivity index (χ4n) is 18.2. The molecule has 0 amide bonds. The van der Waals surface area contributed by atoms with Gasteiger partial charge in [0.1, 0.15) is 31.5 Å². The molecule has 0 aliphatic carbocycles. The number of ether oxygens (including phenoxy) is 5. The van der Waals surface area contributed by atoms with Crippen molar-refractivity contribution < 1.29 is 138 Å². The lowest BCUT2D eigenvalue weighted by molar-refractivity contribution is -0.890. The zero-order valence-corrected chi connectivity index (χ0v) is 102. The van der Waals surface area contributed by atoms with Crippen molar-refractivity contribution in [3.8, 4) is 11.5 Å². The van der Waals surface area contributed by atoms with Crippen LogP contribution in [0.2, 0.25) is 0 Å². The van der Waals surface area contributed by atoms with Crippen molar-refractivity contribution in [2.24, 2.45) is 0 Å².